The zero-order valence-electron chi connectivity index (χ0n) is 31.8. The van der Waals surface area contributed by atoms with Gasteiger partial charge in [-0.1, -0.05) is 194 Å². The first-order valence-corrected chi connectivity index (χ1v) is 20.2. The summed E-state index contributed by atoms with van der Waals surface area (Å²) in [5.74, 6) is 0. The fourth-order valence-electron chi connectivity index (χ4n) is 9.59. The Hall–Kier alpha value is -7.54. The van der Waals surface area contributed by atoms with Crippen LogP contribution in [0.5, 0.6) is 0 Å². The van der Waals surface area contributed by atoms with Gasteiger partial charge in [-0.25, -0.2) is 0 Å². The standard InChI is InChI=1S/C58H36/c1-3-11-37(12-4-1)44-27-23-40-19-21-42-25-29-46(35-54(42)52(40)33-44)56-49-17-9-10-18-50(49)57(58-48-16-8-7-15-39(48)31-32-51(56)58)47-30-26-43-22-20-41-24-28-45(34-53(41)55(43)36-47)38-13-5-2-6-14-38/h1-36H. The van der Waals surface area contributed by atoms with Crippen molar-refractivity contribution in [3.8, 4) is 44.5 Å². The van der Waals surface area contributed by atoms with Gasteiger partial charge in [0.1, 0.15) is 0 Å². The van der Waals surface area contributed by atoms with Gasteiger partial charge in [-0.05, 0) is 144 Å². The van der Waals surface area contributed by atoms with E-state index in [9.17, 15) is 0 Å². The predicted octanol–water partition coefficient (Wildman–Crippen LogP) is 16.4. The Morgan fingerprint density at radius 2 is 0.517 bits per heavy atom. The van der Waals surface area contributed by atoms with Crippen LogP contribution in [-0.2, 0) is 0 Å². The van der Waals surface area contributed by atoms with E-state index < -0.39 is 0 Å². The van der Waals surface area contributed by atoms with Crippen LogP contribution in [0.15, 0.2) is 218 Å². The van der Waals surface area contributed by atoms with Crippen molar-refractivity contribution in [3.05, 3.63) is 218 Å². The lowest BCUT2D eigenvalue weighted by Gasteiger charge is -2.20. The molecule has 268 valence electrons. The van der Waals surface area contributed by atoms with E-state index in [0.29, 0.717) is 0 Å². The monoisotopic (exact) mass is 732 g/mol. The number of rotatable bonds is 4. The first kappa shape index (κ1) is 32.7. The van der Waals surface area contributed by atoms with Gasteiger partial charge in [0, 0.05) is 0 Å². The molecule has 0 heterocycles. The molecule has 0 heteroatoms. The summed E-state index contributed by atoms with van der Waals surface area (Å²) in [6.07, 6.45) is 0. The van der Waals surface area contributed by atoms with Crippen molar-refractivity contribution in [1.29, 1.82) is 0 Å². The average molecular weight is 733 g/mol. The Bertz CT molecular complexity index is 3600. The lowest BCUT2D eigenvalue weighted by atomic mass is 9.83. The molecule has 0 unspecified atom stereocenters. The van der Waals surface area contributed by atoms with E-state index in [-0.39, 0.29) is 0 Å². The molecule has 58 heavy (non-hydrogen) atoms. The number of benzene rings is 12. The molecular weight excluding hydrogens is 697 g/mol. The number of hydrogen-bond donors (Lipinski definition) is 0. The molecular formula is C58H36. The lowest BCUT2D eigenvalue weighted by molar-refractivity contribution is 1.65. The van der Waals surface area contributed by atoms with Crippen molar-refractivity contribution in [3.63, 3.8) is 0 Å². The second-order valence-electron chi connectivity index (χ2n) is 15.6. The Morgan fingerprint density at radius 1 is 0.172 bits per heavy atom. The minimum absolute atomic E-state index is 1.23. The van der Waals surface area contributed by atoms with Crippen molar-refractivity contribution in [2.75, 3.05) is 0 Å². The Morgan fingerprint density at radius 3 is 1.03 bits per heavy atom. The second-order valence-corrected chi connectivity index (χ2v) is 15.6. The Balaban J connectivity index is 1.15. The molecule has 0 aliphatic carbocycles. The molecule has 0 aromatic heterocycles. The van der Waals surface area contributed by atoms with Crippen LogP contribution in [0.1, 0.15) is 0 Å². The maximum atomic E-state index is 2.45. The average Bonchev–Trinajstić information content (AvgIpc) is 3.30. The highest BCUT2D eigenvalue weighted by molar-refractivity contribution is 6.29. The summed E-state index contributed by atoms with van der Waals surface area (Å²) in [4.78, 5) is 0. The van der Waals surface area contributed by atoms with Gasteiger partial charge >= 0.3 is 0 Å². The molecule has 0 N–H and O–H groups in total. The van der Waals surface area contributed by atoms with Crippen molar-refractivity contribution in [1.82, 2.24) is 0 Å². The molecule has 12 aromatic carbocycles. The van der Waals surface area contributed by atoms with E-state index in [1.165, 1.54) is 120 Å². The number of hydrogen-bond acceptors (Lipinski definition) is 0. The van der Waals surface area contributed by atoms with Crippen LogP contribution in [0.3, 0.4) is 0 Å². The van der Waals surface area contributed by atoms with Crippen LogP contribution in [0, 0.1) is 0 Å². The Labute approximate surface area is 336 Å². The van der Waals surface area contributed by atoms with Gasteiger partial charge in [0.25, 0.3) is 0 Å². The van der Waals surface area contributed by atoms with E-state index in [1.54, 1.807) is 0 Å². The summed E-state index contributed by atoms with van der Waals surface area (Å²) in [6, 6.07) is 81.1. The smallest absolute Gasteiger partial charge is 0.00141 e. The summed E-state index contributed by atoms with van der Waals surface area (Å²) in [5, 5.41) is 17.7. The van der Waals surface area contributed by atoms with Gasteiger partial charge in [-0.3, -0.25) is 0 Å². The third-order valence-electron chi connectivity index (χ3n) is 12.4. The molecule has 12 rings (SSSR count). The SMILES string of the molecule is c1ccc(-c2ccc3ccc4ccc(-c5c6ccccc6c(-c6ccc7ccc8ccc(-c9ccccc9)cc8c7c6)c6c5ccc5ccccc56)cc4c3c2)cc1. The Kier molecular flexibility index (Phi) is 7.33. The van der Waals surface area contributed by atoms with Crippen molar-refractivity contribution < 1.29 is 0 Å². The first-order valence-electron chi connectivity index (χ1n) is 20.2. The van der Waals surface area contributed by atoms with Crippen LogP contribution in [0.4, 0.5) is 0 Å². The maximum Gasteiger partial charge on any atom is -0.00141 e. The zero-order valence-corrected chi connectivity index (χ0v) is 31.8. The summed E-state index contributed by atoms with van der Waals surface area (Å²) in [6.45, 7) is 0. The van der Waals surface area contributed by atoms with E-state index >= 15 is 0 Å². The zero-order chi connectivity index (χ0) is 38.2. The normalized spacial score (nSPS) is 11.8. The largest absolute Gasteiger partial charge is 0.0622 e. The minimum atomic E-state index is 1.23. The third kappa shape index (κ3) is 5.16. The van der Waals surface area contributed by atoms with Gasteiger partial charge in [0.15, 0.2) is 0 Å². The molecule has 0 fully saturated rings. The van der Waals surface area contributed by atoms with E-state index in [1.807, 2.05) is 0 Å². The first-order chi connectivity index (χ1) is 28.7. The minimum Gasteiger partial charge on any atom is -0.0622 e. The summed E-state index contributed by atoms with van der Waals surface area (Å²) >= 11 is 0. The highest BCUT2D eigenvalue weighted by atomic mass is 14.2. The van der Waals surface area contributed by atoms with E-state index in [4.69, 9.17) is 0 Å². The van der Waals surface area contributed by atoms with Crippen molar-refractivity contribution in [2.24, 2.45) is 0 Å². The van der Waals surface area contributed by atoms with E-state index in [0.717, 1.165) is 0 Å². The van der Waals surface area contributed by atoms with Crippen LogP contribution in [0.25, 0.3) is 120 Å². The fourth-order valence-corrected chi connectivity index (χ4v) is 9.59. The lowest BCUT2D eigenvalue weighted by Crippen LogP contribution is -1.93. The number of fused-ring (bicyclic) bond motifs is 10. The highest BCUT2D eigenvalue weighted by Gasteiger charge is 2.20. The van der Waals surface area contributed by atoms with Gasteiger partial charge in [-0.2, -0.15) is 0 Å². The summed E-state index contributed by atoms with van der Waals surface area (Å²) < 4.78 is 0. The molecule has 0 atom stereocenters. The quantitative estimate of drug-likeness (QED) is 0.125. The topological polar surface area (TPSA) is 0 Å². The summed E-state index contributed by atoms with van der Waals surface area (Å²) in [5.41, 5.74) is 9.94. The molecule has 12 aromatic rings. The fraction of sp³-hybridized carbons (Fsp3) is 0. The predicted molar refractivity (Wildman–Crippen MR) is 251 cm³/mol. The van der Waals surface area contributed by atoms with E-state index in [2.05, 4.69) is 218 Å². The molecule has 0 saturated heterocycles. The van der Waals surface area contributed by atoms with Crippen LogP contribution in [-0.4, -0.2) is 0 Å². The molecule has 0 saturated carbocycles. The van der Waals surface area contributed by atoms with Gasteiger partial charge in [-0.15, -0.1) is 0 Å². The highest BCUT2D eigenvalue weighted by Crippen LogP contribution is 2.48. The molecule has 0 radical (unpaired) electrons. The van der Waals surface area contributed by atoms with Crippen molar-refractivity contribution >= 4 is 75.4 Å². The van der Waals surface area contributed by atoms with Crippen LogP contribution >= 0.6 is 0 Å². The van der Waals surface area contributed by atoms with Crippen molar-refractivity contribution in [2.45, 2.75) is 0 Å². The maximum absolute atomic E-state index is 2.45. The van der Waals surface area contributed by atoms with Crippen LogP contribution in [0.2, 0.25) is 0 Å². The molecule has 0 spiro atoms. The van der Waals surface area contributed by atoms with Gasteiger partial charge in [0.05, 0.1) is 0 Å². The molecule has 0 nitrogen and oxygen atoms in total. The second kappa shape index (κ2) is 13.0. The molecule has 0 aliphatic rings. The van der Waals surface area contributed by atoms with Crippen LogP contribution < -0.4 is 0 Å². The van der Waals surface area contributed by atoms with Gasteiger partial charge in [0.2, 0.25) is 0 Å². The molecule has 0 aliphatic heterocycles. The van der Waals surface area contributed by atoms with Gasteiger partial charge < -0.3 is 0 Å². The molecule has 0 amide bonds. The molecule has 0 bridgehead atoms. The summed E-state index contributed by atoms with van der Waals surface area (Å²) in [7, 11) is 0. The third-order valence-corrected chi connectivity index (χ3v) is 12.4.